The summed E-state index contributed by atoms with van der Waals surface area (Å²) >= 11 is 4.21. The Morgan fingerprint density at radius 3 is 2.47 bits per heavy atom. The number of hydrogen-bond acceptors (Lipinski definition) is 3. The Labute approximate surface area is 97.6 Å². The molecular formula is C12H19NOS. The number of ether oxygens (including phenoxy) is 1. The van der Waals surface area contributed by atoms with Crippen molar-refractivity contribution in [1.82, 2.24) is 0 Å². The molecule has 1 aromatic carbocycles. The Kier molecular flexibility index (Phi) is 5.40. The second-order valence-corrected chi connectivity index (χ2v) is 3.87. The highest BCUT2D eigenvalue weighted by Gasteiger charge is 2.00. The van der Waals surface area contributed by atoms with Gasteiger partial charge in [-0.25, -0.2) is 0 Å². The zero-order valence-electron chi connectivity index (χ0n) is 9.44. The van der Waals surface area contributed by atoms with Crippen LogP contribution < -0.4 is 9.64 Å². The molecule has 0 aliphatic heterocycles. The van der Waals surface area contributed by atoms with Gasteiger partial charge in [-0.15, -0.1) is 0 Å². The standard InChI is InChI=1S/C12H19NOS/c1-3-14-12-7-5-11(6-8-12)13(2)9-4-10-15/h5-8,15H,3-4,9-10H2,1-2H3. The van der Waals surface area contributed by atoms with Crippen LogP contribution in [0.2, 0.25) is 0 Å². The minimum absolute atomic E-state index is 0.717. The lowest BCUT2D eigenvalue weighted by Crippen LogP contribution is -2.18. The van der Waals surface area contributed by atoms with Crippen molar-refractivity contribution in [2.24, 2.45) is 0 Å². The molecule has 0 bridgehead atoms. The van der Waals surface area contributed by atoms with Gasteiger partial charge in [-0.1, -0.05) is 0 Å². The third-order valence-corrected chi connectivity index (χ3v) is 2.56. The molecule has 1 rings (SSSR count). The van der Waals surface area contributed by atoms with Gasteiger partial charge in [0.25, 0.3) is 0 Å². The van der Waals surface area contributed by atoms with E-state index in [9.17, 15) is 0 Å². The first kappa shape index (κ1) is 12.2. The fraction of sp³-hybridized carbons (Fsp3) is 0.500. The van der Waals surface area contributed by atoms with E-state index in [4.69, 9.17) is 4.74 Å². The maximum absolute atomic E-state index is 5.39. The average molecular weight is 225 g/mol. The number of anilines is 1. The van der Waals surface area contributed by atoms with E-state index >= 15 is 0 Å². The fourth-order valence-electron chi connectivity index (χ4n) is 1.40. The molecule has 0 aliphatic carbocycles. The van der Waals surface area contributed by atoms with Crippen LogP contribution in [-0.2, 0) is 0 Å². The van der Waals surface area contributed by atoms with Gasteiger partial charge in [0.2, 0.25) is 0 Å². The van der Waals surface area contributed by atoms with Gasteiger partial charge in [-0.3, -0.25) is 0 Å². The van der Waals surface area contributed by atoms with E-state index in [2.05, 4.69) is 36.7 Å². The molecule has 15 heavy (non-hydrogen) atoms. The maximum atomic E-state index is 5.39. The van der Waals surface area contributed by atoms with Gasteiger partial charge in [0.15, 0.2) is 0 Å². The molecule has 3 heteroatoms. The van der Waals surface area contributed by atoms with Crippen molar-refractivity contribution in [1.29, 1.82) is 0 Å². The van der Waals surface area contributed by atoms with Crippen LogP contribution in [0.5, 0.6) is 5.75 Å². The quantitative estimate of drug-likeness (QED) is 0.747. The smallest absolute Gasteiger partial charge is 0.119 e. The van der Waals surface area contributed by atoms with E-state index in [1.807, 2.05) is 19.1 Å². The summed E-state index contributed by atoms with van der Waals surface area (Å²) in [4.78, 5) is 2.23. The minimum Gasteiger partial charge on any atom is -0.494 e. The topological polar surface area (TPSA) is 12.5 Å². The summed E-state index contributed by atoms with van der Waals surface area (Å²) in [5, 5.41) is 0. The molecule has 0 saturated heterocycles. The van der Waals surface area contributed by atoms with Gasteiger partial charge in [0.05, 0.1) is 6.61 Å². The maximum Gasteiger partial charge on any atom is 0.119 e. The molecule has 0 amide bonds. The molecule has 0 unspecified atom stereocenters. The Hall–Kier alpha value is -0.830. The SMILES string of the molecule is CCOc1ccc(N(C)CCCS)cc1. The van der Waals surface area contributed by atoms with Crippen LogP contribution in [-0.4, -0.2) is 26.0 Å². The van der Waals surface area contributed by atoms with Crippen molar-refractivity contribution in [2.75, 3.05) is 30.9 Å². The molecule has 84 valence electrons. The second-order valence-electron chi connectivity index (χ2n) is 3.43. The Morgan fingerprint density at radius 2 is 1.93 bits per heavy atom. The van der Waals surface area contributed by atoms with Crippen LogP contribution in [0.4, 0.5) is 5.69 Å². The molecular weight excluding hydrogens is 206 g/mol. The van der Waals surface area contributed by atoms with Gasteiger partial charge in [0.1, 0.15) is 5.75 Å². The Bertz CT molecular complexity index is 273. The van der Waals surface area contributed by atoms with Gasteiger partial charge >= 0.3 is 0 Å². The highest BCUT2D eigenvalue weighted by atomic mass is 32.1. The largest absolute Gasteiger partial charge is 0.494 e. The van der Waals surface area contributed by atoms with Crippen LogP contribution in [0.1, 0.15) is 13.3 Å². The van der Waals surface area contributed by atoms with Crippen LogP contribution in [0, 0.1) is 0 Å². The molecule has 0 fully saturated rings. The van der Waals surface area contributed by atoms with Gasteiger partial charge < -0.3 is 9.64 Å². The number of rotatable bonds is 6. The summed E-state index contributed by atoms with van der Waals surface area (Å²) < 4.78 is 5.39. The van der Waals surface area contributed by atoms with Crippen LogP contribution >= 0.6 is 12.6 Å². The predicted molar refractivity (Wildman–Crippen MR) is 69.4 cm³/mol. The van der Waals surface area contributed by atoms with Crippen LogP contribution in [0.15, 0.2) is 24.3 Å². The minimum atomic E-state index is 0.717. The Balaban J connectivity index is 2.54. The summed E-state index contributed by atoms with van der Waals surface area (Å²) in [5.74, 6) is 1.87. The lowest BCUT2D eigenvalue weighted by atomic mass is 10.2. The van der Waals surface area contributed by atoms with Crippen molar-refractivity contribution in [3.63, 3.8) is 0 Å². The third-order valence-electron chi connectivity index (χ3n) is 2.24. The van der Waals surface area contributed by atoms with Crippen LogP contribution in [0.3, 0.4) is 0 Å². The van der Waals surface area contributed by atoms with Crippen molar-refractivity contribution in [3.05, 3.63) is 24.3 Å². The number of nitrogens with zero attached hydrogens (tertiary/aromatic N) is 1. The van der Waals surface area contributed by atoms with E-state index in [1.54, 1.807) is 0 Å². The second kappa shape index (κ2) is 6.62. The van der Waals surface area contributed by atoms with Crippen molar-refractivity contribution < 1.29 is 4.74 Å². The molecule has 0 aromatic heterocycles. The van der Waals surface area contributed by atoms with E-state index in [0.29, 0.717) is 0 Å². The van der Waals surface area contributed by atoms with E-state index in [-0.39, 0.29) is 0 Å². The molecule has 0 saturated carbocycles. The lowest BCUT2D eigenvalue weighted by molar-refractivity contribution is 0.340. The number of hydrogen-bond donors (Lipinski definition) is 1. The zero-order chi connectivity index (χ0) is 11.1. The molecule has 1 aromatic rings. The van der Waals surface area contributed by atoms with E-state index in [1.165, 1.54) is 5.69 Å². The van der Waals surface area contributed by atoms with E-state index < -0.39 is 0 Å². The van der Waals surface area contributed by atoms with E-state index in [0.717, 1.165) is 31.1 Å². The normalized spacial score (nSPS) is 10.1. The first-order valence-corrected chi connectivity index (χ1v) is 5.96. The predicted octanol–water partition coefficient (Wildman–Crippen LogP) is 2.84. The summed E-state index contributed by atoms with van der Waals surface area (Å²) in [6, 6.07) is 8.19. The lowest BCUT2D eigenvalue weighted by Gasteiger charge is -2.19. The summed E-state index contributed by atoms with van der Waals surface area (Å²) in [5.41, 5.74) is 1.22. The molecule has 0 radical (unpaired) electrons. The third kappa shape index (κ3) is 4.04. The zero-order valence-corrected chi connectivity index (χ0v) is 10.3. The summed E-state index contributed by atoms with van der Waals surface area (Å²) in [7, 11) is 2.10. The van der Waals surface area contributed by atoms with Gasteiger partial charge in [-0.05, 0) is 43.4 Å². The van der Waals surface area contributed by atoms with Crippen molar-refractivity contribution in [2.45, 2.75) is 13.3 Å². The fourth-order valence-corrected chi connectivity index (χ4v) is 1.54. The first-order chi connectivity index (χ1) is 7.27. The molecule has 0 N–H and O–H groups in total. The van der Waals surface area contributed by atoms with Crippen molar-refractivity contribution in [3.8, 4) is 5.75 Å². The Morgan fingerprint density at radius 1 is 1.27 bits per heavy atom. The van der Waals surface area contributed by atoms with Crippen molar-refractivity contribution >= 4 is 18.3 Å². The molecule has 0 atom stereocenters. The molecule has 2 nitrogen and oxygen atoms in total. The average Bonchev–Trinajstić information content (AvgIpc) is 2.27. The summed E-state index contributed by atoms with van der Waals surface area (Å²) in [6.07, 6.45) is 1.10. The monoisotopic (exact) mass is 225 g/mol. The molecule has 0 spiro atoms. The number of thiol groups is 1. The van der Waals surface area contributed by atoms with Gasteiger partial charge in [0, 0.05) is 19.3 Å². The first-order valence-electron chi connectivity index (χ1n) is 5.32. The van der Waals surface area contributed by atoms with Gasteiger partial charge in [-0.2, -0.15) is 12.6 Å². The molecule has 0 heterocycles. The summed E-state index contributed by atoms with van der Waals surface area (Å²) in [6.45, 7) is 3.75. The highest BCUT2D eigenvalue weighted by molar-refractivity contribution is 7.80. The highest BCUT2D eigenvalue weighted by Crippen LogP contribution is 2.18. The van der Waals surface area contributed by atoms with Crippen LogP contribution in [0.25, 0.3) is 0 Å². The number of benzene rings is 1. The molecule has 0 aliphatic rings.